The maximum Gasteiger partial charge on any atom is 0.326 e. The number of hydrogen-bond donors (Lipinski definition) is 1. The van der Waals surface area contributed by atoms with Gasteiger partial charge in [-0.1, -0.05) is 31.2 Å². The van der Waals surface area contributed by atoms with Gasteiger partial charge in [-0.05, 0) is 40.2 Å². The lowest BCUT2D eigenvalue weighted by molar-refractivity contribution is 0.256. The molecular formula is C16H15BrN2OS. The van der Waals surface area contributed by atoms with Gasteiger partial charge in [0.1, 0.15) is 0 Å². The molecule has 108 valence electrons. The van der Waals surface area contributed by atoms with Crippen LogP contribution in [0.4, 0.5) is 16.2 Å². The minimum atomic E-state index is -0.0958. The summed E-state index contributed by atoms with van der Waals surface area (Å²) in [6, 6.07) is 15.6. The number of fused-ring (bicyclic) bond motifs is 1. The Labute approximate surface area is 136 Å². The maximum atomic E-state index is 12.6. The molecule has 2 amide bonds. The number of carbonyl (C=O) groups excluding carboxylic acids is 1. The van der Waals surface area contributed by atoms with Gasteiger partial charge in [-0.15, -0.1) is 11.8 Å². The Kier molecular flexibility index (Phi) is 4.22. The number of rotatable bonds is 1. The van der Waals surface area contributed by atoms with Gasteiger partial charge < -0.3 is 5.32 Å². The monoisotopic (exact) mass is 362 g/mol. The van der Waals surface area contributed by atoms with Crippen LogP contribution in [0.2, 0.25) is 0 Å². The van der Waals surface area contributed by atoms with Crippen LogP contribution in [0, 0.1) is 0 Å². The molecule has 2 aromatic carbocycles. The van der Waals surface area contributed by atoms with E-state index in [1.807, 2.05) is 59.1 Å². The molecular weight excluding hydrogens is 348 g/mol. The summed E-state index contributed by atoms with van der Waals surface area (Å²) in [4.78, 5) is 15.6. The molecule has 1 N–H and O–H groups in total. The van der Waals surface area contributed by atoms with E-state index in [1.165, 1.54) is 0 Å². The Morgan fingerprint density at radius 1 is 1.24 bits per heavy atom. The van der Waals surface area contributed by atoms with E-state index in [2.05, 4.69) is 34.2 Å². The molecule has 3 rings (SSSR count). The second-order valence-corrected chi connectivity index (χ2v) is 7.25. The zero-order valence-corrected chi connectivity index (χ0v) is 13.9. The minimum absolute atomic E-state index is 0.0958. The van der Waals surface area contributed by atoms with Crippen LogP contribution in [0.5, 0.6) is 0 Å². The largest absolute Gasteiger partial charge is 0.326 e. The first kappa shape index (κ1) is 14.5. The van der Waals surface area contributed by atoms with Crippen molar-refractivity contribution < 1.29 is 4.79 Å². The Morgan fingerprint density at radius 2 is 1.95 bits per heavy atom. The van der Waals surface area contributed by atoms with Crippen molar-refractivity contribution in [2.45, 2.75) is 17.1 Å². The molecule has 0 saturated carbocycles. The van der Waals surface area contributed by atoms with Crippen molar-refractivity contribution in [3.8, 4) is 0 Å². The third-order valence-corrected chi connectivity index (χ3v) is 5.13. The van der Waals surface area contributed by atoms with Crippen molar-refractivity contribution in [1.29, 1.82) is 0 Å². The van der Waals surface area contributed by atoms with Crippen molar-refractivity contribution in [1.82, 2.24) is 0 Å². The smallest absolute Gasteiger partial charge is 0.306 e. The SMILES string of the molecule is C[C@H]1CN(C(=O)Nc2ccccc2Br)c2ccccc2S1. The highest BCUT2D eigenvalue weighted by Gasteiger charge is 2.26. The fraction of sp³-hybridized carbons (Fsp3) is 0.188. The predicted molar refractivity (Wildman–Crippen MR) is 92.3 cm³/mol. The third kappa shape index (κ3) is 3.09. The van der Waals surface area contributed by atoms with Crippen molar-refractivity contribution >= 4 is 45.1 Å². The molecule has 1 heterocycles. The van der Waals surface area contributed by atoms with Gasteiger partial charge in [0.25, 0.3) is 0 Å². The number of hydrogen-bond acceptors (Lipinski definition) is 2. The van der Waals surface area contributed by atoms with Crippen LogP contribution < -0.4 is 10.2 Å². The first-order valence-electron chi connectivity index (χ1n) is 6.74. The Morgan fingerprint density at radius 3 is 2.76 bits per heavy atom. The van der Waals surface area contributed by atoms with Crippen molar-refractivity contribution in [3.05, 3.63) is 53.0 Å². The van der Waals surface area contributed by atoms with E-state index >= 15 is 0 Å². The molecule has 1 aliphatic heterocycles. The van der Waals surface area contributed by atoms with Gasteiger partial charge >= 0.3 is 6.03 Å². The molecule has 0 radical (unpaired) electrons. The molecule has 21 heavy (non-hydrogen) atoms. The third-order valence-electron chi connectivity index (χ3n) is 3.28. The molecule has 0 bridgehead atoms. The second-order valence-electron chi connectivity index (χ2n) is 4.92. The number of halogens is 1. The van der Waals surface area contributed by atoms with Gasteiger partial charge in [-0.2, -0.15) is 0 Å². The molecule has 1 aliphatic rings. The number of thioether (sulfide) groups is 1. The molecule has 1 atom stereocenters. The number of anilines is 2. The van der Waals surface area contributed by atoms with Crippen molar-refractivity contribution in [2.24, 2.45) is 0 Å². The second kappa shape index (κ2) is 6.12. The molecule has 3 nitrogen and oxygen atoms in total. The summed E-state index contributed by atoms with van der Waals surface area (Å²) in [5, 5.41) is 3.35. The first-order chi connectivity index (χ1) is 10.1. The van der Waals surface area contributed by atoms with Crippen molar-refractivity contribution in [3.63, 3.8) is 0 Å². The van der Waals surface area contributed by atoms with E-state index in [4.69, 9.17) is 0 Å². The Hall–Kier alpha value is -1.46. The Bertz CT molecular complexity index is 677. The lowest BCUT2D eigenvalue weighted by Crippen LogP contribution is -2.41. The lowest BCUT2D eigenvalue weighted by atomic mass is 10.2. The van der Waals surface area contributed by atoms with Gasteiger partial charge in [0.05, 0.1) is 11.4 Å². The number of nitrogens with zero attached hydrogens (tertiary/aromatic N) is 1. The summed E-state index contributed by atoms with van der Waals surface area (Å²) >= 11 is 5.27. The summed E-state index contributed by atoms with van der Waals surface area (Å²) in [7, 11) is 0. The summed E-state index contributed by atoms with van der Waals surface area (Å²) in [6.07, 6.45) is 0. The fourth-order valence-corrected chi connectivity index (χ4v) is 3.82. The normalized spacial score (nSPS) is 17.2. The predicted octanol–water partition coefficient (Wildman–Crippen LogP) is 4.98. The van der Waals surface area contributed by atoms with Crippen LogP contribution >= 0.6 is 27.7 Å². The van der Waals surface area contributed by atoms with Gasteiger partial charge in [0.2, 0.25) is 0 Å². The van der Waals surface area contributed by atoms with E-state index in [0.717, 1.165) is 20.7 Å². The van der Waals surface area contributed by atoms with E-state index in [9.17, 15) is 4.79 Å². The zero-order chi connectivity index (χ0) is 14.8. The van der Waals surface area contributed by atoms with Gasteiger partial charge in [0, 0.05) is 21.2 Å². The first-order valence-corrected chi connectivity index (χ1v) is 8.41. The van der Waals surface area contributed by atoms with Crippen LogP contribution in [-0.2, 0) is 0 Å². The van der Waals surface area contributed by atoms with Crippen LogP contribution in [-0.4, -0.2) is 17.8 Å². The highest BCUT2D eigenvalue weighted by molar-refractivity contribution is 9.10. The fourth-order valence-electron chi connectivity index (χ4n) is 2.33. The number of benzene rings is 2. The number of nitrogens with one attached hydrogen (secondary N) is 1. The zero-order valence-electron chi connectivity index (χ0n) is 11.5. The van der Waals surface area contributed by atoms with Gasteiger partial charge in [-0.25, -0.2) is 4.79 Å². The molecule has 0 aliphatic carbocycles. The van der Waals surface area contributed by atoms with Gasteiger partial charge in [0.15, 0.2) is 0 Å². The molecule has 5 heteroatoms. The van der Waals surface area contributed by atoms with E-state index < -0.39 is 0 Å². The molecule has 0 spiro atoms. The average molecular weight is 363 g/mol. The highest BCUT2D eigenvalue weighted by Crippen LogP contribution is 2.38. The molecule has 2 aromatic rings. The van der Waals surface area contributed by atoms with Crippen LogP contribution in [0.3, 0.4) is 0 Å². The molecule has 0 saturated heterocycles. The van der Waals surface area contributed by atoms with Gasteiger partial charge in [-0.3, -0.25) is 4.90 Å². The van der Waals surface area contributed by atoms with E-state index in [0.29, 0.717) is 11.8 Å². The Balaban J connectivity index is 1.87. The molecule has 0 fully saturated rings. The van der Waals surface area contributed by atoms with E-state index in [1.54, 1.807) is 0 Å². The van der Waals surface area contributed by atoms with E-state index in [-0.39, 0.29) is 6.03 Å². The van der Waals surface area contributed by atoms with Crippen LogP contribution in [0.15, 0.2) is 57.9 Å². The lowest BCUT2D eigenvalue weighted by Gasteiger charge is -2.32. The summed E-state index contributed by atoms with van der Waals surface area (Å²) < 4.78 is 0.881. The summed E-state index contributed by atoms with van der Waals surface area (Å²) in [5.41, 5.74) is 1.76. The van der Waals surface area contributed by atoms with Crippen LogP contribution in [0.1, 0.15) is 6.92 Å². The number of carbonyl (C=O) groups is 1. The highest BCUT2D eigenvalue weighted by atomic mass is 79.9. The van der Waals surface area contributed by atoms with Crippen LogP contribution in [0.25, 0.3) is 0 Å². The summed E-state index contributed by atoms with van der Waals surface area (Å²) in [6.45, 7) is 2.84. The topological polar surface area (TPSA) is 32.3 Å². The standard InChI is InChI=1S/C16H15BrN2OS/c1-11-10-19(14-8-4-5-9-15(14)21-11)16(20)18-13-7-3-2-6-12(13)17/h2-9,11H,10H2,1H3,(H,18,20)/t11-/m0/s1. The number of urea groups is 1. The average Bonchev–Trinajstić information content (AvgIpc) is 2.48. The summed E-state index contributed by atoms with van der Waals surface area (Å²) in [5.74, 6) is 0. The minimum Gasteiger partial charge on any atom is -0.306 e. The number of amides is 2. The number of para-hydroxylation sites is 2. The molecule has 0 aromatic heterocycles. The molecule has 0 unspecified atom stereocenters. The maximum absolute atomic E-state index is 12.6. The quantitative estimate of drug-likeness (QED) is 0.775. The van der Waals surface area contributed by atoms with Crippen molar-refractivity contribution in [2.75, 3.05) is 16.8 Å².